The Labute approximate surface area is 98.6 Å². The minimum atomic E-state index is 0.658. The van der Waals surface area contributed by atoms with Crippen LogP contribution in [0.5, 0.6) is 0 Å². The Hall–Kier alpha value is -0.350. The van der Waals surface area contributed by atoms with Crippen molar-refractivity contribution in [2.75, 3.05) is 13.1 Å². The van der Waals surface area contributed by atoms with E-state index in [1.807, 2.05) is 6.33 Å². The normalized spacial score (nSPS) is 27.4. The highest BCUT2D eigenvalue weighted by atomic mass is 79.9. The fraction of sp³-hybridized carbons (Fsp3) is 0.727. The molecule has 2 aliphatic rings. The first kappa shape index (κ1) is 9.85. The highest BCUT2D eigenvalue weighted by molar-refractivity contribution is 9.08. The summed E-state index contributed by atoms with van der Waals surface area (Å²) in [6, 6.07) is 1.57. The number of aromatic nitrogens is 2. The van der Waals surface area contributed by atoms with Crippen LogP contribution in [0.1, 0.15) is 31.0 Å². The molecule has 1 saturated heterocycles. The number of nitrogens with zero attached hydrogens (tertiary/aromatic N) is 3. The molecule has 0 amide bonds. The van der Waals surface area contributed by atoms with Crippen LogP contribution >= 0.6 is 15.9 Å². The van der Waals surface area contributed by atoms with Crippen LogP contribution in [0.4, 0.5) is 0 Å². The third-order valence-electron chi connectivity index (χ3n) is 3.47. The second-order valence-electron chi connectivity index (χ2n) is 4.61. The van der Waals surface area contributed by atoms with Crippen molar-refractivity contribution in [2.24, 2.45) is 0 Å². The van der Waals surface area contributed by atoms with Gasteiger partial charge in [-0.2, -0.15) is 0 Å². The van der Waals surface area contributed by atoms with Crippen LogP contribution in [0.15, 0.2) is 12.5 Å². The Morgan fingerprint density at radius 3 is 2.87 bits per heavy atom. The van der Waals surface area contributed by atoms with Gasteiger partial charge in [-0.3, -0.25) is 4.90 Å². The Balaban J connectivity index is 1.67. The van der Waals surface area contributed by atoms with Gasteiger partial charge in [0.25, 0.3) is 0 Å². The van der Waals surface area contributed by atoms with Crippen molar-refractivity contribution in [3.05, 3.63) is 18.2 Å². The van der Waals surface area contributed by atoms with E-state index in [0.29, 0.717) is 6.04 Å². The molecular formula is C11H16BrN3. The molecule has 0 spiro atoms. The van der Waals surface area contributed by atoms with Gasteiger partial charge in [0, 0.05) is 36.7 Å². The number of halogens is 1. The average molecular weight is 270 g/mol. The number of hydrogen-bond donors (Lipinski definition) is 0. The lowest BCUT2D eigenvalue weighted by molar-refractivity contribution is 0.313. The third kappa shape index (κ3) is 1.97. The van der Waals surface area contributed by atoms with Crippen molar-refractivity contribution >= 4 is 15.9 Å². The van der Waals surface area contributed by atoms with Gasteiger partial charge in [0.15, 0.2) is 0 Å². The summed E-state index contributed by atoms with van der Waals surface area (Å²) in [7, 11) is 0. The molecule has 1 unspecified atom stereocenters. The van der Waals surface area contributed by atoms with Crippen molar-refractivity contribution in [3.63, 3.8) is 0 Å². The monoisotopic (exact) mass is 269 g/mol. The summed E-state index contributed by atoms with van der Waals surface area (Å²) in [6.45, 7) is 2.50. The Bertz CT molecular complexity index is 345. The van der Waals surface area contributed by atoms with Crippen LogP contribution in [0, 0.1) is 0 Å². The highest BCUT2D eigenvalue weighted by Gasteiger charge is 2.34. The second kappa shape index (κ2) is 3.91. The third-order valence-corrected chi connectivity index (χ3v) is 4.05. The average Bonchev–Trinajstić information content (AvgIpc) is 2.84. The summed E-state index contributed by atoms with van der Waals surface area (Å²) in [5.74, 6) is 0. The molecule has 15 heavy (non-hydrogen) atoms. The van der Waals surface area contributed by atoms with Gasteiger partial charge in [-0.1, -0.05) is 15.9 Å². The zero-order valence-electron chi connectivity index (χ0n) is 8.77. The molecule has 1 aromatic heterocycles. The van der Waals surface area contributed by atoms with Crippen LogP contribution in [-0.4, -0.2) is 33.6 Å². The molecule has 82 valence electrons. The fourth-order valence-electron chi connectivity index (χ4n) is 2.43. The SMILES string of the molecule is BrCc1cn(C2CCN(C3CC3)C2)cn1. The van der Waals surface area contributed by atoms with Gasteiger partial charge in [-0.05, 0) is 19.3 Å². The molecule has 1 aliphatic carbocycles. The first-order chi connectivity index (χ1) is 7.36. The second-order valence-corrected chi connectivity index (χ2v) is 5.18. The van der Waals surface area contributed by atoms with E-state index in [4.69, 9.17) is 0 Å². The molecule has 1 aromatic rings. The maximum absolute atomic E-state index is 4.36. The predicted molar refractivity (Wildman–Crippen MR) is 63.1 cm³/mol. The number of alkyl halides is 1. The summed E-state index contributed by atoms with van der Waals surface area (Å²) in [5.41, 5.74) is 1.14. The van der Waals surface area contributed by atoms with E-state index in [0.717, 1.165) is 17.1 Å². The number of likely N-dealkylation sites (tertiary alicyclic amines) is 1. The number of hydrogen-bond acceptors (Lipinski definition) is 2. The molecule has 3 rings (SSSR count). The minimum absolute atomic E-state index is 0.658. The van der Waals surface area contributed by atoms with Gasteiger partial charge in [-0.25, -0.2) is 4.98 Å². The fourth-order valence-corrected chi connectivity index (χ4v) is 2.72. The van der Waals surface area contributed by atoms with Crippen LogP contribution in [0.25, 0.3) is 0 Å². The van der Waals surface area contributed by atoms with Crippen LogP contribution in [-0.2, 0) is 5.33 Å². The maximum atomic E-state index is 4.36. The van der Waals surface area contributed by atoms with E-state index in [-0.39, 0.29) is 0 Å². The van der Waals surface area contributed by atoms with Crippen molar-refractivity contribution in [1.82, 2.24) is 14.5 Å². The van der Waals surface area contributed by atoms with Gasteiger partial charge in [-0.15, -0.1) is 0 Å². The first-order valence-corrected chi connectivity index (χ1v) is 6.81. The largest absolute Gasteiger partial charge is 0.333 e. The Morgan fingerprint density at radius 2 is 2.20 bits per heavy atom. The zero-order valence-corrected chi connectivity index (χ0v) is 10.4. The molecule has 2 fully saturated rings. The van der Waals surface area contributed by atoms with Crippen molar-refractivity contribution < 1.29 is 0 Å². The Morgan fingerprint density at radius 1 is 1.33 bits per heavy atom. The number of rotatable bonds is 3. The van der Waals surface area contributed by atoms with Crippen LogP contribution in [0.3, 0.4) is 0 Å². The van der Waals surface area contributed by atoms with Gasteiger partial charge >= 0.3 is 0 Å². The minimum Gasteiger partial charge on any atom is -0.333 e. The Kier molecular flexibility index (Phi) is 2.56. The molecular weight excluding hydrogens is 254 g/mol. The van der Waals surface area contributed by atoms with Crippen LogP contribution in [0.2, 0.25) is 0 Å². The lowest BCUT2D eigenvalue weighted by Gasteiger charge is -2.15. The van der Waals surface area contributed by atoms with Crippen molar-refractivity contribution in [2.45, 2.75) is 36.7 Å². The predicted octanol–water partition coefficient (Wildman–Crippen LogP) is 2.19. The van der Waals surface area contributed by atoms with E-state index in [1.165, 1.54) is 32.4 Å². The topological polar surface area (TPSA) is 21.1 Å². The summed E-state index contributed by atoms with van der Waals surface area (Å²) < 4.78 is 2.29. The first-order valence-electron chi connectivity index (χ1n) is 5.69. The molecule has 1 aliphatic heterocycles. The molecule has 3 nitrogen and oxygen atoms in total. The smallest absolute Gasteiger partial charge is 0.0952 e. The maximum Gasteiger partial charge on any atom is 0.0952 e. The summed E-state index contributed by atoms with van der Waals surface area (Å²) in [4.78, 5) is 7.00. The molecule has 0 N–H and O–H groups in total. The molecule has 1 saturated carbocycles. The van der Waals surface area contributed by atoms with Crippen molar-refractivity contribution in [1.29, 1.82) is 0 Å². The quantitative estimate of drug-likeness (QED) is 0.785. The van der Waals surface area contributed by atoms with Gasteiger partial charge in [0.1, 0.15) is 0 Å². The zero-order chi connectivity index (χ0) is 10.3. The molecule has 0 radical (unpaired) electrons. The van der Waals surface area contributed by atoms with Crippen molar-refractivity contribution in [3.8, 4) is 0 Å². The molecule has 4 heteroatoms. The van der Waals surface area contributed by atoms with E-state index in [9.17, 15) is 0 Å². The van der Waals surface area contributed by atoms with E-state index >= 15 is 0 Å². The van der Waals surface area contributed by atoms with Gasteiger partial charge < -0.3 is 4.57 Å². The van der Waals surface area contributed by atoms with E-state index in [2.05, 4.69) is 36.6 Å². The summed E-state index contributed by atoms with van der Waals surface area (Å²) >= 11 is 3.44. The highest BCUT2D eigenvalue weighted by Crippen LogP contribution is 2.33. The summed E-state index contributed by atoms with van der Waals surface area (Å²) in [5, 5.41) is 0.860. The van der Waals surface area contributed by atoms with Gasteiger partial charge in [0.05, 0.1) is 12.0 Å². The molecule has 1 atom stereocenters. The van der Waals surface area contributed by atoms with E-state index in [1.54, 1.807) is 0 Å². The van der Waals surface area contributed by atoms with E-state index < -0.39 is 0 Å². The lowest BCUT2D eigenvalue weighted by Crippen LogP contribution is -2.23. The van der Waals surface area contributed by atoms with Gasteiger partial charge in [0.2, 0.25) is 0 Å². The van der Waals surface area contributed by atoms with Crippen LogP contribution < -0.4 is 0 Å². The molecule has 0 bridgehead atoms. The number of imidazole rings is 1. The molecule has 2 heterocycles. The summed E-state index contributed by atoms with van der Waals surface area (Å²) in [6.07, 6.45) is 8.29. The lowest BCUT2D eigenvalue weighted by atomic mass is 10.2. The standard InChI is InChI=1S/C11H16BrN3/c12-5-9-6-15(8-13-9)11-3-4-14(7-11)10-1-2-10/h6,8,10-11H,1-5,7H2. The molecule has 0 aromatic carbocycles.